The van der Waals surface area contributed by atoms with Crippen molar-refractivity contribution in [2.24, 2.45) is 5.92 Å². The summed E-state index contributed by atoms with van der Waals surface area (Å²) in [5.41, 5.74) is 0. The molecule has 0 radical (unpaired) electrons. The first-order valence-corrected chi connectivity index (χ1v) is 6.98. The molecule has 3 amide bonds. The maximum absolute atomic E-state index is 11.7. The number of carbonyl (C=O) groups excluding carboxylic acids is 2. The summed E-state index contributed by atoms with van der Waals surface area (Å²) >= 11 is 0. The number of nitrogens with one attached hydrogen (secondary N) is 3. The second kappa shape index (κ2) is 8.12. The highest BCUT2D eigenvalue weighted by Crippen LogP contribution is 2.15. The minimum absolute atomic E-state index is 0.0325. The van der Waals surface area contributed by atoms with E-state index in [1.807, 2.05) is 20.9 Å². The number of amides is 3. The summed E-state index contributed by atoms with van der Waals surface area (Å²) in [5.74, 6) is 0.471. The highest BCUT2D eigenvalue weighted by molar-refractivity contribution is 5.95. The summed E-state index contributed by atoms with van der Waals surface area (Å²) in [6.45, 7) is 6.90. The monoisotopic (exact) mass is 270 g/mol. The summed E-state index contributed by atoms with van der Waals surface area (Å²) < 4.78 is 0. The van der Waals surface area contributed by atoms with Crippen LogP contribution in [-0.4, -0.2) is 56.1 Å². The van der Waals surface area contributed by atoms with Crippen LogP contribution in [0.15, 0.2) is 0 Å². The Labute approximate surface area is 115 Å². The molecule has 1 rings (SSSR count). The molecule has 19 heavy (non-hydrogen) atoms. The molecule has 6 heteroatoms. The summed E-state index contributed by atoms with van der Waals surface area (Å²) in [6.07, 6.45) is 2.21. The number of carbonyl (C=O) groups is 2. The molecule has 0 bridgehead atoms. The Bertz CT molecular complexity index is 299. The number of nitrogens with zero attached hydrogens (tertiary/aromatic N) is 1. The molecule has 0 aromatic heterocycles. The predicted octanol–water partition coefficient (Wildman–Crippen LogP) is 0.152. The highest BCUT2D eigenvalue weighted by atomic mass is 16.2. The van der Waals surface area contributed by atoms with Gasteiger partial charge >= 0.3 is 6.03 Å². The van der Waals surface area contributed by atoms with Crippen molar-refractivity contribution in [1.82, 2.24) is 20.9 Å². The van der Waals surface area contributed by atoms with Gasteiger partial charge in [0.2, 0.25) is 5.91 Å². The van der Waals surface area contributed by atoms with Crippen molar-refractivity contribution in [2.45, 2.75) is 32.7 Å². The Morgan fingerprint density at radius 3 is 2.42 bits per heavy atom. The molecule has 6 nitrogen and oxygen atoms in total. The lowest BCUT2D eigenvalue weighted by Crippen LogP contribution is -2.48. The van der Waals surface area contributed by atoms with Crippen LogP contribution in [0.1, 0.15) is 26.7 Å². The first-order chi connectivity index (χ1) is 9.01. The van der Waals surface area contributed by atoms with E-state index >= 15 is 0 Å². The second-order valence-electron chi connectivity index (χ2n) is 5.45. The van der Waals surface area contributed by atoms with Crippen molar-refractivity contribution in [3.05, 3.63) is 0 Å². The highest BCUT2D eigenvalue weighted by Gasteiger charge is 2.20. The summed E-state index contributed by atoms with van der Waals surface area (Å²) in [7, 11) is 1.97. The molecule has 0 spiro atoms. The fourth-order valence-electron chi connectivity index (χ4n) is 2.30. The van der Waals surface area contributed by atoms with Gasteiger partial charge in [-0.25, -0.2) is 4.79 Å². The molecular weight excluding hydrogens is 244 g/mol. The van der Waals surface area contributed by atoms with Crippen molar-refractivity contribution in [3.63, 3.8) is 0 Å². The van der Waals surface area contributed by atoms with E-state index in [4.69, 9.17) is 0 Å². The van der Waals surface area contributed by atoms with E-state index in [0.717, 1.165) is 32.5 Å². The lowest BCUT2D eigenvalue weighted by atomic mass is 9.97. The zero-order chi connectivity index (χ0) is 14.3. The van der Waals surface area contributed by atoms with Gasteiger partial charge in [0, 0.05) is 6.04 Å². The van der Waals surface area contributed by atoms with Crippen LogP contribution in [0.5, 0.6) is 0 Å². The lowest BCUT2D eigenvalue weighted by molar-refractivity contribution is -0.121. The van der Waals surface area contributed by atoms with Gasteiger partial charge in [-0.3, -0.25) is 15.0 Å². The van der Waals surface area contributed by atoms with Crippen molar-refractivity contribution in [1.29, 1.82) is 0 Å². The molecule has 0 saturated carbocycles. The zero-order valence-electron chi connectivity index (χ0n) is 12.2. The fraction of sp³-hybridized carbons (Fsp3) is 0.846. The molecular formula is C13H26N4O2. The number of rotatable bonds is 5. The summed E-state index contributed by atoms with van der Waals surface area (Å²) in [5, 5.41) is 8.18. The molecule has 0 aromatic rings. The molecule has 1 aliphatic heterocycles. The van der Waals surface area contributed by atoms with Gasteiger partial charge < -0.3 is 10.6 Å². The van der Waals surface area contributed by atoms with Crippen LogP contribution in [0.25, 0.3) is 0 Å². The normalized spacial score (nSPS) is 17.5. The third kappa shape index (κ3) is 6.54. The average Bonchev–Trinajstić information content (AvgIpc) is 2.30. The molecule has 1 saturated heterocycles. The zero-order valence-corrected chi connectivity index (χ0v) is 12.2. The van der Waals surface area contributed by atoms with Gasteiger partial charge in [-0.2, -0.15) is 0 Å². The second-order valence-corrected chi connectivity index (χ2v) is 5.45. The first-order valence-electron chi connectivity index (χ1n) is 6.98. The van der Waals surface area contributed by atoms with Gasteiger partial charge in [0.1, 0.15) is 0 Å². The van der Waals surface area contributed by atoms with Crippen molar-refractivity contribution in [3.8, 4) is 0 Å². The van der Waals surface area contributed by atoms with Crippen LogP contribution < -0.4 is 16.0 Å². The first kappa shape index (κ1) is 15.9. The SMILES string of the molecule is CNCC1CCN(CC(=O)NC(=O)NC(C)C)CC1. The van der Waals surface area contributed by atoms with Gasteiger partial charge in [0.15, 0.2) is 0 Å². The third-order valence-electron chi connectivity index (χ3n) is 3.24. The molecule has 0 aromatic carbocycles. The molecule has 3 N–H and O–H groups in total. The Hall–Kier alpha value is -1.14. The average molecular weight is 270 g/mol. The van der Waals surface area contributed by atoms with E-state index in [1.165, 1.54) is 0 Å². The van der Waals surface area contributed by atoms with E-state index < -0.39 is 6.03 Å². The number of imide groups is 1. The van der Waals surface area contributed by atoms with Gasteiger partial charge in [0.25, 0.3) is 0 Å². The maximum atomic E-state index is 11.7. The van der Waals surface area contributed by atoms with Crippen LogP contribution in [0.4, 0.5) is 4.79 Å². The molecule has 1 aliphatic rings. The Morgan fingerprint density at radius 2 is 1.89 bits per heavy atom. The Kier molecular flexibility index (Phi) is 6.80. The smallest absolute Gasteiger partial charge is 0.321 e. The lowest BCUT2D eigenvalue weighted by Gasteiger charge is -2.31. The number of urea groups is 1. The number of hydrogen-bond donors (Lipinski definition) is 3. The van der Waals surface area contributed by atoms with Gasteiger partial charge in [-0.15, -0.1) is 0 Å². The van der Waals surface area contributed by atoms with E-state index in [-0.39, 0.29) is 11.9 Å². The number of hydrogen-bond acceptors (Lipinski definition) is 4. The molecule has 1 fully saturated rings. The topological polar surface area (TPSA) is 73.5 Å². The molecule has 110 valence electrons. The van der Waals surface area contributed by atoms with Gasteiger partial charge in [-0.1, -0.05) is 0 Å². The molecule has 1 heterocycles. The maximum Gasteiger partial charge on any atom is 0.321 e. The van der Waals surface area contributed by atoms with E-state index in [2.05, 4.69) is 20.9 Å². The summed E-state index contributed by atoms with van der Waals surface area (Å²) in [6, 6.07) is -0.379. The molecule has 0 atom stereocenters. The van der Waals surface area contributed by atoms with Crippen LogP contribution in [-0.2, 0) is 4.79 Å². The van der Waals surface area contributed by atoms with E-state index in [1.54, 1.807) is 0 Å². The van der Waals surface area contributed by atoms with E-state index in [9.17, 15) is 9.59 Å². The minimum Gasteiger partial charge on any atom is -0.336 e. The number of piperidine rings is 1. The molecule has 0 aliphatic carbocycles. The Balaban J connectivity index is 2.21. The van der Waals surface area contributed by atoms with Gasteiger partial charge in [0.05, 0.1) is 6.54 Å². The minimum atomic E-state index is -0.412. The van der Waals surface area contributed by atoms with Gasteiger partial charge in [-0.05, 0) is 59.3 Å². The van der Waals surface area contributed by atoms with Crippen LogP contribution in [0, 0.1) is 5.92 Å². The standard InChI is InChI=1S/C13H26N4O2/c1-10(2)15-13(19)16-12(18)9-17-6-4-11(5-7-17)8-14-3/h10-11,14H,4-9H2,1-3H3,(H2,15,16,18,19). The Morgan fingerprint density at radius 1 is 1.26 bits per heavy atom. The quantitative estimate of drug-likeness (QED) is 0.665. The van der Waals surface area contributed by atoms with Crippen LogP contribution in [0.3, 0.4) is 0 Å². The van der Waals surface area contributed by atoms with Crippen molar-refractivity contribution in [2.75, 3.05) is 33.2 Å². The van der Waals surface area contributed by atoms with E-state index in [0.29, 0.717) is 12.5 Å². The predicted molar refractivity (Wildman–Crippen MR) is 74.9 cm³/mol. The van der Waals surface area contributed by atoms with Crippen molar-refractivity contribution < 1.29 is 9.59 Å². The van der Waals surface area contributed by atoms with Crippen LogP contribution in [0.2, 0.25) is 0 Å². The number of likely N-dealkylation sites (tertiary alicyclic amines) is 1. The fourth-order valence-corrected chi connectivity index (χ4v) is 2.30. The summed E-state index contributed by atoms with van der Waals surface area (Å²) in [4.78, 5) is 25.2. The largest absolute Gasteiger partial charge is 0.336 e. The van der Waals surface area contributed by atoms with Crippen LogP contribution >= 0.6 is 0 Å². The third-order valence-corrected chi connectivity index (χ3v) is 3.24. The molecule has 0 unspecified atom stereocenters. The van der Waals surface area contributed by atoms with Crippen molar-refractivity contribution >= 4 is 11.9 Å².